The molecule has 0 unspecified atom stereocenters. The van der Waals surface area contributed by atoms with Gasteiger partial charge >= 0.3 is 0 Å². The van der Waals surface area contributed by atoms with Gasteiger partial charge in [0.05, 0.1) is 19.2 Å². The van der Waals surface area contributed by atoms with Crippen LogP contribution in [0.25, 0.3) is 0 Å². The quantitative estimate of drug-likeness (QED) is 0.658. The SMILES string of the molecule is CCCC(=O)N(CCOC)CC(=O)N1CCc2sccc2[C@H]1c1ccc(F)cc1. The van der Waals surface area contributed by atoms with Crippen molar-refractivity contribution in [3.05, 3.63) is 57.5 Å². The minimum absolute atomic E-state index is 0.0271. The largest absolute Gasteiger partial charge is 0.383 e. The molecule has 1 aromatic carbocycles. The highest BCUT2D eigenvalue weighted by molar-refractivity contribution is 7.10. The van der Waals surface area contributed by atoms with Gasteiger partial charge in [-0.3, -0.25) is 9.59 Å². The van der Waals surface area contributed by atoms with E-state index in [0.29, 0.717) is 26.1 Å². The Morgan fingerprint density at radius 2 is 2.03 bits per heavy atom. The van der Waals surface area contributed by atoms with Crippen LogP contribution in [0.15, 0.2) is 35.7 Å². The monoisotopic (exact) mass is 418 g/mol. The van der Waals surface area contributed by atoms with Crippen LogP contribution < -0.4 is 0 Å². The minimum atomic E-state index is -0.302. The second-order valence-corrected chi connectivity index (χ2v) is 8.15. The topological polar surface area (TPSA) is 49.9 Å². The number of amides is 2. The fourth-order valence-corrected chi connectivity index (χ4v) is 4.61. The lowest BCUT2D eigenvalue weighted by atomic mass is 9.93. The van der Waals surface area contributed by atoms with Gasteiger partial charge in [0.25, 0.3) is 0 Å². The summed E-state index contributed by atoms with van der Waals surface area (Å²) in [6.45, 7) is 3.33. The van der Waals surface area contributed by atoms with Crippen molar-refractivity contribution >= 4 is 23.2 Å². The van der Waals surface area contributed by atoms with Crippen molar-refractivity contribution in [1.29, 1.82) is 0 Å². The normalized spacial score (nSPS) is 15.8. The number of carbonyl (C=O) groups is 2. The summed E-state index contributed by atoms with van der Waals surface area (Å²) in [6, 6.07) is 8.10. The van der Waals surface area contributed by atoms with Gasteiger partial charge < -0.3 is 14.5 Å². The second-order valence-electron chi connectivity index (χ2n) is 7.15. The van der Waals surface area contributed by atoms with Gasteiger partial charge in [-0.25, -0.2) is 4.39 Å². The highest BCUT2D eigenvalue weighted by atomic mass is 32.1. The fraction of sp³-hybridized carbons (Fsp3) is 0.455. The minimum Gasteiger partial charge on any atom is -0.383 e. The van der Waals surface area contributed by atoms with Gasteiger partial charge in [0.2, 0.25) is 11.8 Å². The molecule has 0 N–H and O–H groups in total. The van der Waals surface area contributed by atoms with Gasteiger partial charge in [-0.15, -0.1) is 11.3 Å². The first-order valence-electron chi connectivity index (χ1n) is 9.93. The molecule has 1 aromatic heterocycles. The Kier molecular flexibility index (Phi) is 7.39. The first kappa shape index (κ1) is 21.5. The maximum atomic E-state index is 13.5. The Morgan fingerprint density at radius 1 is 1.28 bits per heavy atom. The predicted octanol–water partition coefficient (Wildman–Crippen LogP) is 3.64. The molecule has 3 rings (SSSR count). The molecule has 1 atom stereocenters. The molecule has 5 nitrogen and oxygen atoms in total. The summed E-state index contributed by atoms with van der Waals surface area (Å²) in [4.78, 5) is 30.4. The Labute approximate surface area is 175 Å². The van der Waals surface area contributed by atoms with Crippen molar-refractivity contribution in [2.75, 3.05) is 33.4 Å². The highest BCUT2D eigenvalue weighted by Gasteiger charge is 2.33. The van der Waals surface area contributed by atoms with E-state index in [0.717, 1.165) is 24.0 Å². The molecule has 2 aromatic rings. The third-order valence-electron chi connectivity index (χ3n) is 5.18. The summed E-state index contributed by atoms with van der Waals surface area (Å²) in [6.07, 6.45) is 1.93. The second kappa shape index (κ2) is 9.98. The van der Waals surface area contributed by atoms with E-state index in [1.54, 1.807) is 35.5 Å². The number of carbonyl (C=O) groups excluding carboxylic acids is 2. The maximum absolute atomic E-state index is 13.5. The number of halogens is 1. The van der Waals surface area contributed by atoms with Crippen LogP contribution in [-0.2, 0) is 20.7 Å². The predicted molar refractivity (Wildman–Crippen MR) is 111 cm³/mol. The lowest BCUT2D eigenvalue weighted by molar-refractivity contribution is -0.142. The molecule has 2 amide bonds. The van der Waals surface area contributed by atoms with Crippen LogP contribution in [0, 0.1) is 5.82 Å². The average molecular weight is 419 g/mol. The smallest absolute Gasteiger partial charge is 0.242 e. The molecule has 1 aliphatic heterocycles. The molecule has 0 spiro atoms. The van der Waals surface area contributed by atoms with Crippen LogP contribution in [0.3, 0.4) is 0 Å². The standard InChI is InChI=1S/C22H27FN2O3S/c1-3-4-20(26)24(12-13-28-2)15-21(27)25-11-9-19-18(10-14-29-19)22(25)16-5-7-17(23)8-6-16/h5-8,10,14,22H,3-4,9,11-13,15H2,1-2H3/t22-/m1/s1. The Hall–Kier alpha value is -2.25. The van der Waals surface area contributed by atoms with E-state index in [-0.39, 0.29) is 30.2 Å². The van der Waals surface area contributed by atoms with Crippen molar-refractivity contribution in [2.24, 2.45) is 0 Å². The third-order valence-corrected chi connectivity index (χ3v) is 6.18. The first-order valence-corrected chi connectivity index (χ1v) is 10.8. The van der Waals surface area contributed by atoms with E-state index >= 15 is 0 Å². The molecule has 0 aliphatic carbocycles. The summed E-state index contributed by atoms with van der Waals surface area (Å²) in [7, 11) is 1.58. The fourth-order valence-electron chi connectivity index (χ4n) is 3.71. The zero-order valence-electron chi connectivity index (χ0n) is 16.9. The van der Waals surface area contributed by atoms with Crippen LogP contribution >= 0.6 is 11.3 Å². The van der Waals surface area contributed by atoms with Gasteiger partial charge in [0, 0.05) is 31.5 Å². The molecule has 2 heterocycles. The van der Waals surface area contributed by atoms with E-state index < -0.39 is 0 Å². The molecular weight excluding hydrogens is 391 g/mol. The zero-order chi connectivity index (χ0) is 20.8. The maximum Gasteiger partial charge on any atom is 0.242 e. The number of methoxy groups -OCH3 is 1. The summed E-state index contributed by atoms with van der Waals surface area (Å²) in [5.74, 6) is -0.440. The van der Waals surface area contributed by atoms with Crippen molar-refractivity contribution in [3.63, 3.8) is 0 Å². The van der Waals surface area contributed by atoms with E-state index in [1.165, 1.54) is 17.0 Å². The van der Waals surface area contributed by atoms with Crippen molar-refractivity contribution < 1.29 is 18.7 Å². The van der Waals surface area contributed by atoms with Crippen LogP contribution in [0.1, 0.15) is 41.8 Å². The van der Waals surface area contributed by atoms with E-state index in [4.69, 9.17) is 4.74 Å². The molecule has 0 saturated carbocycles. The van der Waals surface area contributed by atoms with Gasteiger partial charge in [-0.1, -0.05) is 19.1 Å². The van der Waals surface area contributed by atoms with Gasteiger partial charge in [-0.05, 0) is 47.5 Å². The van der Waals surface area contributed by atoms with E-state index in [1.807, 2.05) is 23.3 Å². The lowest BCUT2D eigenvalue weighted by Gasteiger charge is -2.37. The first-order chi connectivity index (χ1) is 14.0. The van der Waals surface area contributed by atoms with Crippen LogP contribution in [0.2, 0.25) is 0 Å². The average Bonchev–Trinajstić information content (AvgIpc) is 3.20. The van der Waals surface area contributed by atoms with Crippen molar-refractivity contribution in [1.82, 2.24) is 9.80 Å². The van der Waals surface area contributed by atoms with Crippen LogP contribution in [0.4, 0.5) is 4.39 Å². The molecule has 1 aliphatic rings. The molecule has 0 radical (unpaired) electrons. The number of thiophene rings is 1. The summed E-state index contributed by atoms with van der Waals surface area (Å²) in [5, 5.41) is 2.03. The van der Waals surface area contributed by atoms with Crippen molar-refractivity contribution in [2.45, 2.75) is 32.2 Å². The Bertz CT molecular complexity index is 837. The number of hydrogen-bond acceptors (Lipinski definition) is 4. The Balaban J connectivity index is 1.85. The van der Waals surface area contributed by atoms with Crippen LogP contribution in [-0.4, -0.2) is 55.0 Å². The summed E-state index contributed by atoms with van der Waals surface area (Å²) in [5.41, 5.74) is 1.96. The number of benzene rings is 1. The summed E-state index contributed by atoms with van der Waals surface area (Å²) >= 11 is 1.68. The Morgan fingerprint density at radius 3 is 2.72 bits per heavy atom. The molecule has 0 bridgehead atoms. The van der Waals surface area contributed by atoms with Crippen molar-refractivity contribution in [3.8, 4) is 0 Å². The van der Waals surface area contributed by atoms with E-state index in [9.17, 15) is 14.0 Å². The van der Waals surface area contributed by atoms with Crippen LogP contribution in [0.5, 0.6) is 0 Å². The number of rotatable bonds is 8. The number of nitrogens with zero attached hydrogens (tertiary/aromatic N) is 2. The summed E-state index contributed by atoms with van der Waals surface area (Å²) < 4.78 is 18.6. The highest BCUT2D eigenvalue weighted by Crippen LogP contribution is 2.37. The molecule has 7 heteroatoms. The number of hydrogen-bond donors (Lipinski definition) is 0. The zero-order valence-corrected chi connectivity index (χ0v) is 17.7. The lowest BCUT2D eigenvalue weighted by Crippen LogP contribution is -2.47. The molecule has 29 heavy (non-hydrogen) atoms. The molecule has 0 fully saturated rings. The van der Waals surface area contributed by atoms with Gasteiger partial charge in [0.1, 0.15) is 5.82 Å². The van der Waals surface area contributed by atoms with Gasteiger partial charge in [0.15, 0.2) is 0 Å². The van der Waals surface area contributed by atoms with Gasteiger partial charge in [-0.2, -0.15) is 0 Å². The number of fused-ring (bicyclic) bond motifs is 1. The number of ether oxygens (including phenoxy) is 1. The molecule has 0 saturated heterocycles. The molecule has 156 valence electrons. The molecular formula is C22H27FN2O3S. The third kappa shape index (κ3) is 5.03. The van der Waals surface area contributed by atoms with E-state index in [2.05, 4.69) is 0 Å².